The summed E-state index contributed by atoms with van der Waals surface area (Å²) in [6.45, 7) is 2.42. The summed E-state index contributed by atoms with van der Waals surface area (Å²) in [5, 5.41) is 0. The molecule has 33 heavy (non-hydrogen) atoms. The van der Waals surface area contributed by atoms with Crippen molar-refractivity contribution in [3.8, 4) is 0 Å². The van der Waals surface area contributed by atoms with Crippen molar-refractivity contribution in [3.63, 3.8) is 0 Å². The molecule has 0 fully saturated rings. The minimum atomic E-state index is -3.83. The average molecular weight is 467 g/mol. The van der Waals surface area contributed by atoms with Crippen LogP contribution in [0.3, 0.4) is 0 Å². The van der Waals surface area contributed by atoms with Crippen molar-refractivity contribution >= 4 is 21.9 Å². The van der Waals surface area contributed by atoms with Gasteiger partial charge in [0.25, 0.3) is 5.91 Å². The second kappa shape index (κ2) is 11.4. The standard InChI is InChI=1S/C25H26N2O5S/c1-2-27(18-21-12-7-4-8-13-21)24(28)19-32-25(29)22-14-9-15-23(16-22)33(30,31)26-17-20-10-5-3-6-11-20/h3-16,26H,2,17-19H2,1H3. The van der Waals surface area contributed by atoms with Crippen LogP contribution in [0.1, 0.15) is 28.4 Å². The van der Waals surface area contributed by atoms with Gasteiger partial charge in [-0.1, -0.05) is 66.7 Å². The molecule has 8 heteroatoms. The number of nitrogens with zero attached hydrogens (tertiary/aromatic N) is 1. The van der Waals surface area contributed by atoms with E-state index >= 15 is 0 Å². The third-order valence-corrected chi connectivity index (χ3v) is 6.37. The fraction of sp³-hybridized carbons (Fsp3) is 0.200. The van der Waals surface area contributed by atoms with E-state index in [0.29, 0.717) is 13.1 Å². The largest absolute Gasteiger partial charge is 0.452 e. The molecule has 0 aromatic heterocycles. The van der Waals surface area contributed by atoms with E-state index in [1.807, 2.05) is 67.6 Å². The van der Waals surface area contributed by atoms with E-state index in [2.05, 4.69) is 4.72 Å². The van der Waals surface area contributed by atoms with Crippen molar-refractivity contribution in [1.29, 1.82) is 0 Å². The van der Waals surface area contributed by atoms with Crippen LogP contribution < -0.4 is 4.72 Å². The monoisotopic (exact) mass is 466 g/mol. The first-order chi connectivity index (χ1) is 15.9. The van der Waals surface area contributed by atoms with Gasteiger partial charge in [0.1, 0.15) is 0 Å². The van der Waals surface area contributed by atoms with Crippen LogP contribution in [0.4, 0.5) is 0 Å². The molecule has 172 valence electrons. The first-order valence-corrected chi connectivity index (χ1v) is 12.0. The van der Waals surface area contributed by atoms with Gasteiger partial charge in [-0.05, 0) is 36.2 Å². The number of amides is 1. The summed E-state index contributed by atoms with van der Waals surface area (Å²) in [5.41, 5.74) is 1.84. The van der Waals surface area contributed by atoms with Crippen LogP contribution in [0.5, 0.6) is 0 Å². The molecule has 0 radical (unpaired) electrons. The summed E-state index contributed by atoms with van der Waals surface area (Å²) < 4.78 is 32.9. The van der Waals surface area contributed by atoms with Gasteiger partial charge in [-0.25, -0.2) is 17.9 Å². The van der Waals surface area contributed by atoms with Crippen LogP contribution in [0.15, 0.2) is 89.8 Å². The highest BCUT2D eigenvalue weighted by molar-refractivity contribution is 7.89. The summed E-state index contributed by atoms with van der Waals surface area (Å²) in [6, 6.07) is 24.2. The second-order valence-corrected chi connectivity index (χ2v) is 9.07. The maximum absolute atomic E-state index is 12.6. The van der Waals surface area contributed by atoms with Gasteiger partial charge in [-0.3, -0.25) is 4.79 Å². The average Bonchev–Trinajstić information content (AvgIpc) is 2.85. The van der Waals surface area contributed by atoms with Crippen LogP contribution in [0, 0.1) is 0 Å². The summed E-state index contributed by atoms with van der Waals surface area (Å²) in [6.07, 6.45) is 0. The van der Waals surface area contributed by atoms with Crippen LogP contribution >= 0.6 is 0 Å². The Morgan fingerprint density at radius 2 is 1.52 bits per heavy atom. The Balaban J connectivity index is 1.60. The number of benzene rings is 3. The third-order valence-electron chi connectivity index (χ3n) is 4.97. The number of hydrogen-bond donors (Lipinski definition) is 1. The van der Waals surface area contributed by atoms with Crippen LogP contribution in [-0.4, -0.2) is 38.3 Å². The molecule has 0 aliphatic heterocycles. The highest BCUT2D eigenvalue weighted by Gasteiger charge is 2.19. The lowest BCUT2D eigenvalue weighted by Crippen LogP contribution is -2.34. The number of hydrogen-bond acceptors (Lipinski definition) is 5. The molecule has 0 unspecified atom stereocenters. The van der Waals surface area contributed by atoms with E-state index in [-0.39, 0.29) is 22.9 Å². The van der Waals surface area contributed by atoms with Gasteiger partial charge in [-0.15, -0.1) is 0 Å². The Morgan fingerprint density at radius 3 is 2.15 bits per heavy atom. The van der Waals surface area contributed by atoms with Gasteiger partial charge in [0, 0.05) is 19.6 Å². The molecule has 3 rings (SSSR count). The summed E-state index contributed by atoms with van der Waals surface area (Å²) in [7, 11) is -3.83. The predicted octanol–water partition coefficient (Wildman–Crippen LogP) is 3.37. The number of rotatable bonds is 10. The van der Waals surface area contributed by atoms with Crippen molar-refractivity contribution in [3.05, 3.63) is 102 Å². The van der Waals surface area contributed by atoms with Crippen molar-refractivity contribution in [2.75, 3.05) is 13.2 Å². The third kappa shape index (κ3) is 7.00. The van der Waals surface area contributed by atoms with Crippen molar-refractivity contribution in [2.45, 2.75) is 24.9 Å². The lowest BCUT2D eigenvalue weighted by atomic mass is 10.2. The molecule has 3 aromatic rings. The number of sulfonamides is 1. The fourth-order valence-electron chi connectivity index (χ4n) is 3.13. The van der Waals surface area contributed by atoms with Crippen molar-refractivity contribution < 1.29 is 22.7 Å². The molecule has 0 saturated carbocycles. The van der Waals surface area contributed by atoms with Crippen LogP contribution in [-0.2, 0) is 32.6 Å². The Bertz CT molecular complexity index is 1180. The molecule has 3 aromatic carbocycles. The minimum absolute atomic E-state index is 0.0523. The second-order valence-electron chi connectivity index (χ2n) is 7.31. The maximum Gasteiger partial charge on any atom is 0.338 e. The molecule has 0 atom stereocenters. The quantitative estimate of drug-likeness (QED) is 0.463. The van der Waals surface area contributed by atoms with Crippen molar-refractivity contribution in [1.82, 2.24) is 9.62 Å². The van der Waals surface area contributed by atoms with E-state index in [1.165, 1.54) is 24.3 Å². The highest BCUT2D eigenvalue weighted by Crippen LogP contribution is 2.14. The number of esters is 1. The fourth-order valence-corrected chi connectivity index (χ4v) is 4.19. The smallest absolute Gasteiger partial charge is 0.338 e. The van der Waals surface area contributed by atoms with Gasteiger partial charge in [0.2, 0.25) is 10.0 Å². The molecule has 0 aliphatic carbocycles. The first kappa shape index (κ1) is 24.2. The van der Waals surface area contributed by atoms with E-state index in [4.69, 9.17) is 4.74 Å². The highest BCUT2D eigenvalue weighted by atomic mass is 32.2. The van der Waals surface area contributed by atoms with Crippen LogP contribution in [0.2, 0.25) is 0 Å². The molecule has 0 saturated heterocycles. The maximum atomic E-state index is 12.6. The van der Waals surface area contributed by atoms with Gasteiger partial charge < -0.3 is 9.64 Å². The molecule has 0 heterocycles. The zero-order valence-electron chi connectivity index (χ0n) is 18.3. The van der Waals surface area contributed by atoms with Gasteiger partial charge in [0.15, 0.2) is 6.61 Å². The molecule has 0 spiro atoms. The van der Waals surface area contributed by atoms with E-state index in [0.717, 1.165) is 11.1 Å². The molecular weight excluding hydrogens is 440 g/mol. The molecule has 7 nitrogen and oxygen atoms in total. The number of nitrogens with one attached hydrogen (secondary N) is 1. The molecule has 0 aliphatic rings. The zero-order valence-corrected chi connectivity index (χ0v) is 19.1. The van der Waals surface area contributed by atoms with Gasteiger partial charge in [-0.2, -0.15) is 0 Å². The van der Waals surface area contributed by atoms with Gasteiger partial charge >= 0.3 is 5.97 Å². The lowest BCUT2D eigenvalue weighted by Gasteiger charge is -2.20. The van der Waals surface area contributed by atoms with E-state index < -0.39 is 22.6 Å². The van der Waals surface area contributed by atoms with Crippen molar-refractivity contribution in [2.24, 2.45) is 0 Å². The number of carbonyl (C=O) groups excluding carboxylic acids is 2. The van der Waals surface area contributed by atoms with Gasteiger partial charge in [0.05, 0.1) is 10.5 Å². The number of carbonyl (C=O) groups is 2. The number of ether oxygens (including phenoxy) is 1. The Labute approximate surface area is 194 Å². The normalized spacial score (nSPS) is 11.1. The lowest BCUT2D eigenvalue weighted by molar-refractivity contribution is -0.134. The Hall–Kier alpha value is -3.49. The van der Waals surface area contributed by atoms with Crippen LogP contribution in [0.25, 0.3) is 0 Å². The SMILES string of the molecule is CCN(Cc1ccccc1)C(=O)COC(=O)c1cccc(S(=O)(=O)NCc2ccccc2)c1. The van der Waals surface area contributed by atoms with E-state index in [9.17, 15) is 18.0 Å². The van der Waals surface area contributed by atoms with E-state index in [1.54, 1.807) is 4.90 Å². The molecule has 0 bridgehead atoms. The Morgan fingerprint density at radius 1 is 0.879 bits per heavy atom. The molecule has 1 N–H and O–H groups in total. The topological polar surface area (TPSA) is 92.8 Å². The molecule has 1 amide bonds. The summed E-state index contributed by atoms with van der Waals surface area (Å²) in [5.74, 6) is -1.10. The minimum Gasteiger partial charge on any atom is -0.452 e. The Kier molecular flexibility index (Phi) is 8.34. The summed E-state index contributed by atoms with van der Waals surface area (Å²) >= 11 is 0. The zero-order chi connectivity index (χ0) is 23.7. The summed E-state index contributed by atoms with van der Waals surface area (Å²) in [4.78, 5) is 26.5. The first-order valence-electron chi connectivity index (χ1n) is 10.5. The predicted molar refractivity (Wildman–Crippen MR) is 125 cm³/mol. The molecular formula is C25H26N2O5S. The number of likely N-dealkylation sites (N-methyl/N-ethyl adjacent to an activating group) is 1.